The lowest BCUT2D eigenvalue weighted by Gasteiger charge is -2.25. The Labute approximate surface area is 301 Å². The molecule has 0 saturated carbocycles. The van der Waals surface area contributed by atoms with Crippen LogP contribution in [0.25, 0.3) is 12.2 Å². The molecule has 1 N–H and O–H groups in total. The lowest BCUT2D eigenvalue weighted by Crippen LogP contribution is -2.24. The van der Waals surface area contributed by atoms with Crippen molar-refractivity contribution in [2.45, 2.75) is 53.2 Å². The highest BCUT2D eigenvalue weighted by Crippen LogP contribution is 2.45. The van der Waals surface area contributed by atoms with Crippen LogP contribution in [0.3, 0.4) is 0 Å². The maximum atomic E-state index is 13.2. The van der Waals surface area contributed by atoms with Gasteiger partial charge in [-0.15, -0.1) is 0 Å². The molecule has 4 aromatic carbocycles. The van der Waals surface area contributed by atoms with Crippen LogP contribution in [0.1, 0.15) is 41.7 Å². The highest BCUT2D eigenvalue weighted by Gasteiger charge is 2.31. The zero-order valence-electron chi connectivity index (χ0n) is 25.6. The molecular formula is C31H25Cl4NO9S4. The molecule has 0 aromatic heterocycles. The molecule has 5 rings (SSSR count). The minimum absolute atomic E-state index is 0.000801. The van der Waals surface area contributed by atoms with Gasteiger partial charge in [-0.05, 0) is 65.9 Å². The first kappa shape index (κ1) is 37.4. The summed E-state index contributed by atoms with van der Waals surface area (Å²) in [6, 6.07) is 12.0. The van der Waals surface area contributed by atoms with E-state index in [2.05, 4.69) is 11.9 Å². The SMILES string of the molecule is C=c1cc2c(cc1S(=O)(=O)Cl)=C(c1ccccc1S(=O)(=O)Cl)c1cc(S(=O)(=O)Cl)c(Nc3c(CC)cc(C)c(S(=O)(=O)Cl)c3CC)cc1O2. The molecule has 260 valence electrons. The molecule has 1 aliphatic rings. The summed E-state index contributed by atoms with van der Waals surface area (Å²) < 4.78 is 108. The lowest BCUT2D eigenvalue weighted by atomic mass is 9.92. The molecule has 0 aliphatic carbocycles. The van der Waals surface area contributed by atoms with Crippen LogP contribution < -0.4 is 20.5 Å². The number of benzene rings is 4. The van der Waals surface area contributed by atoms with Gasteiger partial charge in [-0.1, -0.05) is 44.7 Å². The average molecular weight is 826 g/mol. The molecule has 1 heterocycles. The summed E-state index contributed by atoms with van der Waals surface area (Å²) in [5.41, 5.74) is 1.53. The highest BCUT2D eigenvalue weighted by molar-refractivity contribution is 8.14. The van der Waals surface area contributed by atoms with Crippen LogP contribution in [0.5, 0.6) is 11.5 Å². The first-order chi connectivity index (χ1) is 22.6. The van der Waals surface area contributed by atoms with Gasteiger partial charge < -0.3 is 10.1 Å². The second-order valence-corrected chi connectivity index (χ2v) is 21.0. The van der Waals surface area contributed by atoms with E-state index in [1.165, 1.54) is 36.4 Å². The quantitative estimate of drug-likeness (QED) is 0.167. The van der Waals surface area contributed by atoms with E-state index in [1.54, 1.807) is 19.9 Å². The maximum Gasteiger partial charge on any atom is 0.263 e. The molecule has 1 aliphatic heterocycles. The Morgan fingerprint density at radius 1 is 0.694 bits per heavy atom. The molecule has 0 unspecified atom stereocenters. The van der Waals surface area contributed by atoms with E-state index < -0.39 is 46.0 Å². The fourth-order valence-corrected chi connectivity index (χ4v) is 10.7. The Kier molecular flexibility index (Phi) is 9.98. The van der Waals surface area contributed by atoms with Gasteiger partial charge in [0.05, 0.1) is 20.4 Å². The molecule has 49 heavy (non-hydrogen) atoms. The molecule has 10 nitrogen and oxygen atoms in total. The number of fused-ring (bicyclic) bond motifs is 2. The Hall–Kier alpha value is -2.82. The largest absolute Gasteiger partial charge is 0.456 e. The minimum Gasteiger partial charge on any atom is -0.456 e. The van der Waals surface area contributed by atoms with E-state index in [-0.39, 0.29) is 66.2 Å². The molecule has 4 aromatic rings. The van der Waals surface area contributed by atoms with Gasteiger partial charge >= 0.3 is 0 Å². The Morgan fingerprint density at radius 3 is 1.86 bits per heavy atom. The van der Waals surface area contributed by atoms with Crippen molar-refractivity contribution >= 4 is 102 Å². The summed E-state index contributed by atoms with van der Waals surface area (Å²) in [6.07, 6.45) is 0.603. The summed E-state index contributed by atoms with van der Waals surface area (Å²) in [5.74, 6) is 0.0187. The summed E-state index contributed by atoms with van der Waals surface area (Å²) >= 11 is 0. The third kappa shape index (κ3) is 7.20. The number of aryl methyl sites for hydroxylation is 2. The van der Waals surface area contributed by atoms with E-state index in [4.69, 9.17) is 47.5 Å². The number of halogens is 4. The topological polar surface area (TPSA) is 158 Å². The summed E-state index contributed by atoms with van der Waals surface area (Å²) in [6.45, 7) is 8.90. The van der Waals surface area contributed by atoms with E-state index in [0.29, 0.717) is 23.1 Å². The molecule has 0 fully saturated rings. The number of anilines is 2. The summed E-state index contributed by atoms with van der Waals surface area (Å²) in [4.78, 5) is -1.40. The predicted octanol–water partition coefficient (Wildman–Crippen LogP) is 6.34. The molecular weight excluding hydrogens is 800 g/mol. The fourth-order valence-electron chi connectivity index (χ4n) is 5.88. The molecule has 0 radical (unpaired) electrons. The van der Waals surface area contributed by atoms with Gasteiger partial charge in [-0.3, -0.25) is 0 Å². The maximum absolute atomic E-state index is 13.2. The van der Waals surface area contributed by atoms with Crippen LogP contribution in [0.15, 0.2) is 74.2 Å². The highest BCUT2D eigenvalue weighted by atomic mass is 35.7. The number of hydrogen-bond acceptors (Lipinski definition) is 10. The van der Waals surface area contributed by atoms with Crippen molar-refractivity contribution in [1.29, 1.82) is 0 Å². The van der Waals surface area contributed by atoms with Crippen molar-refractivity contribution in [2.24, 2.45) is 0 Å². The minimum atomic E-state index is -4.61. The van der Waals surface area contributed by atoms with Gasteiger partial charge in [0.15, 0.2) is 0 Å². The van der Waals surface area contributed by atoms with Crippen molar-refractivity contribution < 1.29 is 38.4 Å². The van der Waals surface area contributed by atoms with E-state index >= 15 is 0 Å². The Bertz CT molecular complexity index is 2660. The molecule has 0 atom stereocenters. The zero-order valence-corrected chi connectivity index (χ0v) is 31.9. The van der Waals surface area contributed by atoms with E-state index in [9.17, 15) is 33.7 Å². The summed E-state index contributed by atoms with van der Waals surface area (Å²) in [7, 11) is 5.72. The smallest absolute Gasteiger partial charge is 0.263 e. The third-order valence-electron chi connectivity index (χ3n) is 7.83. The van der Waals surface area contributed by atoms with E-state index in [1.807, 2.05) is 6.92 Å². The molecule has 0 bridgehead atoms. The Balaban J connectivity index is 1.94. The van der Waals surface area contributed by atoms with Crippen molar-refractivity contribution in [3.8, 4) is 11.5 Å². The van der Waals surface area contributed by atoms with Gasteiger partial charge in [-0.2, -0.15) is 0 Å². The number of rotatable bonds is 9. The van der Waals surface area contributed by atoms with Gasteiger partial charge in [0.25, 0.3) is 36.2 Å². The third-order valence-corrected chi connectivity index (χ3v) is 13.5. The van der Waals surface area contributed by atoms with Gasteiger partial charge in [0.1, 0.15) is 16.4 Å². The number of ether oxygens (including phenoxy) is 1. The van der Waals surface area contributed by atoms with Gasteiger partial charge in [0.2, 0.25) is 0 Å². The first-order valence-corrected chi connectivity index (χ1v) is 23.4. The molecule has 0 amide bonds. The zero-order chi connectivity index (χ0) is 36.4. The average Bonchev–Trinajstić information content (AvgIpc) is 2.97. The molecule has 18 heteroatoms. The van der Waals surface area contributed by atoms with Crippen molar-refractivity contribution in [3.05, 3.63) is 92.9 Å². The number of hydrogen-bond donors (Lipinski definition) is 1. The van der Waals surface area contributed by atoms with Crippen molar-refractivity contribution in [2.75, 3.05) is 5.32 Å². The fraction of sp³-hybridized carbons (Fsp3) is 0.161. The first-order valence-electron chi connectivity index (χ1n) is 14.1. The van der Waals surface area contributed by atoms with Crippen molar-refractivity contribution in [1.82, 2.24) is 0 Å². The monoisotopic (exact) mass is 823 g/mol. The Morgan fingerprint density at radius 2 is 1.31 bits per heavy atom. The number of nitrogens with one attached hydrogen (secondary N) is 1. The second-order valence-electron chi connectivity index (χ2n) is 10.9. The standard InChI is InChI=1S/C31H25Cl4NO9S4/c1-5-18-11-17(4)31(49(35,43)44)19(6-2)30(18)36-23-15-25-22(14-28(23)48(34,41)42)29(20-9-7-8-10-26(20)46(32,37)38)21-13-27(47(33,39)40)16(3)12-24(21)45-25/h7-15,36H,3,5-6H2,1-2,4H3. The van der Waals surface area contributed by atoms with Gasteiger partial charge in [0, 0.05) is 76.4 Å². The predicted molar refractivity (Wildman–Crippen MR) is 191 cm³/mol. The summed E-state index contributed by atoms with van der Waals surface area (Å²) in [5, 5.41) is 3.05. The van der Waals surface area contributed by atoms with Crippen LogP contribution in [-0.4, -0.2) is 33.7 Å². The normalized spacial score (nSPS) is 13.4. The van der Waals surface area contributed by atoms with Gasteiger partial charge in [-0.25, -0.2) is 33.7 Å². The van der Waals surface area contributed by atoms with Crippen LogP contribution in [0, 0.1) is 6.92 Å². The van der Waals surface area contributed by atoms with E-state index in [0.717, 1.165) is 12.1 Å². The van der Waals surface area contributed by atoms with Crippen LogP contribution in [0.2, 0.25) is 0 Å². The molecule has 0 spiro atoms. The van der Waals surface area contributed by atoms with Crippen LogP contribution >= 0.6 is 42.7 Å². The van der Waals surface area contributed by atoms with Crippen LogP contribution in [0.4, 0.5) is 11.4 Å². The second kappa shape index (κ2) is 13.1. The lowest BCUT2D eigenvalue weighted by molar-refractivity contribution is 0.470. The van der Waals surface area contributed by atoms with Crippen molar-refractivity contribution in [3.63, 3.8) is 0 Å². The molecule has 0 saturated heterocycles. The van der Waals surface area contributed by atoms with Crippen LogP contribution in [-0.2, 0) is 49.0 Å².